The molecule has 0 fully saturated rings. The third-order valence-corrected chi connectivity index (χ3v) is 5.78. The van der Waals surface area contributed by atoms with Crippen molar-refractivity contribution in [2.45, 2.75) is 46.6 Å². The van der Waals surface area contributed by atoms with Crippen LogP contribution in [0.4, 0.5) is 0 Å². The van der Waals surface area contributed by atoms with Crippen molar-refractivity contribution in [3.8, 4) is 29.0 Å². The van der Waals surface area contributed by atoms with Gasteiger partial charge in [0.1, 0.15) is 12.4 Å². The lowest BCUT2D eigenvalue weighted by molar-refractivity contribution is -0.143. The third-order valence-electron chi connectivity index (χ3n) is 5.78. The van der Waals surface area contributed by atoms with Gasteiger partial charge in [0.25, 0.3) is 0 Å². The van der Waals surface area contributed by atoms with Gasteiger partial charge in [-0.3, -0.25) is 4.79 Å². The van der Waals surface area contributed by atoms with Crippen LogP contribution < -0.4 is 4.74 Å². The van der Waals surface area contributed by atoms with E-state index in [1.807, 2.05) is 48.7 Å². The van der Waals surface area contributed by atoms with Crippen molar-refractivity contribution < 1.29 is 14.3 Å². The molecule has 0 aliphatic heterocycles. The molecule has 1 atom stereocenters. The number of esters is 1. The number of hydrogen-bond acceptors (Lipinski definition) is 5. The SMILES string of the molecule is CC#C[C@@H](CC(=O)OCC)c1ccc(OCc2ccc3nc(-c4c(C)cccc4C)nn3c2)cc1. The second-order valence-corrected chi connectivity index (χ2v) is 8.36. The summed E-state index contributed by atoms with van der Waals surface area (Å²) in [6.45, 7) is 8.49. The van der Waals surface area contributed by atoms with E-state index in [1.54, 1.807) is 18.4 Å². The Balaban J connectivity index is 1.45. The number of carbonyl (C=O) groups is 1. The fourth-order valence-corrected chi connectivity index (χ4v) is 4.06. The number of nitrogens with zero attached hydrogens (tertiary/aromatic N) is 3. The zero-order chi connectivity index (χ0) is 24.8. The lowest BCUT2D eigenvalue weighted by Crippen LogP contribution is -2.09. The smallest absolute Gasteiger partial charge is 0.307 e. The van der Waals surface area contributed by atoms with Crippen molar-refractivity contribution in [2.24, 2.45) is 0 Å². The van der Waals surface area contributed by atoms with Crippen LogP contribution >= 0.6 is 0 Å². The molecule has 35 heavy (non-hydrogen) atoms. The van der Waals surface area contributed by atoms with Gasteiger partial charge in [0, 0.05) is 17.3 Å². The van der Waals surface area contributed by atoms with Crippen LogP contribution in [-0.2, 0) is 16.1 Å². The molecular formula is C29H29N3O3. The molecule has 0 aliphatic rings. The van der Waals surface area contributed by atoms with Gasteiger partial charge in [0.15, 0.2) is 11.5 Å². The maximum absolute atomic E-state index is 11.9. The van der Waals surface area contributed by atoms with E-state index in [-0.39, 0.29) is 18.3 Å². The Morgan fingerprint density at radius 3 is 2.49 bits per heavy atom. The molecule has 6 heteroatoms. The molecule has 0 unspecified atom stereocenters. The molecule has 2 aromatic carbocycles. The molecule has 2 aromatic heterocycles. The van der Waals surface area contributed by atoms with Crippen LogP contribution in [0.1, 0.15) is 48.4 Å². The van der Waals surface area contributed by atoms with E-state index in [9.17, 15) is 4.79 Å². The van der Waals surface area contributed by atoms with Gasteiger partial charge in [-0.05, 0) is 62.6 Å². The van der Waals surface area contributed by atoms with E-state index in [4.69, 9.17) is 19.6 Å². The fraction of sp³-hybridized carbons (Fsp3) is 0.276. The van der Waals surface area contributed by atoms with Crippen LogP contribution in [0.15, 0.2) is 60.8 Å². The van der Waals surface area contributed by atoms with Crippen LogP contribution in [0.25, 0.3) is 17.0 Å². The van der Waals surface area contributed by atoms with Gasteiger partial charge in [0.05, 0.1) is 18.9 Å². The average Bonchev–Trinajstić information content (AvgIpc) is 3.26. The normalized spacial score (nSPS) is 11.5. The van der Waals surface area contributed by atoms with Crippen LogP contribution in [0, 0.1) is 25.7 Å². The van der Waals surface area contributed by atoms with Gasteiger partial charge >= 0.3 is 5.97 Å². The van der Waals surface area contributed by atoms with Crippen LogP contribution in [0.3, 0.4) is 0 Å². The van der Waals surface area contributed by atoms with Crippen molar-refractivity contribution in [1.29, 1.82) is 0 Å². The highest BCUT2D eigenvalue weighted by Crippen LogP contribution is 2.25. The lowest BCUT2D eigenvalue weighted by Gasteiger charge is -2.12. The summed E-state index contributed by atoms with van der Waals surface area (Å²) >= 11 is 0. The van der Waals surface area contributed by atoms with E-state index >= 15 is 0 Å². The lowest BCUT2D eigenvalue weighted by atomic mass is 9.96. The molecule has 0 bridgehead atoms. The summed E-state index contributed by atoms with van der Waals surface area (Å²) in [6, 6.07) is 17.8. The molecule has 178 valence electrons. The highest BCUT2D eigenvalue weighted by atomic mass is 16.5. The maximum atomic E-state index is 11.9. The maximum Gasteiger partial charge on any atom is 0.307 e. The first-order chi connectivity index (χ1) is 17.0. The highest BCUT2D eigenvalue weighted by Gasteiger charge is 2.15. The first-order valence-corrected chi connectivity index (χ1v) is 11.7. The minimum Gasteiger partial charge on any atom is -0.489 e. The number of fused-ring (bicyclic) bond motifs is 1. The predicted octanol–water partition coefficient (Wildman–Crippen LogP) is 5.65. The van der Waals surface area contributed by atoms with Crippen LogP contribution in [-0.4, -0.2) is 27.2 Å². The summed E-state index contributed by atoms with van der Waals surface area (Å²) in [5, 5.41) is 4.70. The van der Waals surface area contributed by atoms with Crippen molar-refractivity contribution in [3.63, 3.8) is 0 Å². The quantitative estimate of drug-likeness (QED) is 0.247. The minimum absolute atomic E-state index is 0.200. The summed E-state index contributed by atoms with van der Waals surface area (Å²) in [5.41, 5.74) is 6.12. The molecule has 6 nitrogen and oxygen atoms in total. The number of hydrogen-bond donors (Lipinski definition) is 0. The summed E-state index contributed by atoms with van der Waals surface area (Å²) in [6.07, 6.45) is 2.18. The Hall–Kier alpha value is -4.11. The van der Waals surface area contributed by atoms with Crippen LogP contribution in [0.5, 0.6) is 5.75 Å². The second-order valence-electron chi connectivity index (χ2n) is 8.36. The van der Waals surface area contributed by atoms with E-state index in [2.05, 4.69) is 37.8 Å². The molecule has 0 aliphatic carbocycles. The average molecular weight is 468 g/mol. The summed E-state index contributed by atoms with van der Waals surface area (Å²) in [5.74, 6) is 7.02. The fourth-order valence-electron chi connectivity index (χ4n) is 4.06. The zero-order valence-electron chi connectivity index (χ0n) is 20.5. The van der Waals surface area contributed by atoms with E-state index in [0.717, 1.165) is 45.0 Å². The van der Waals surface area contributed by atoms with Gasteiger partial charge in [-0.25, -0.2) is 9.50 Å². The first kappa shape index (κ1) is 24.0. The largest absolute Gasteiger partial charge is 0.489 e. The van der Waals surface area contributed by atoms with Gasteiger partial charge in [-0.2, -0.15) is 0 Å². The van der Waals surface area contributed by atoms with Gasteiger partial charge in [-0.1, -0.05) is 42.3 Å². The Labute approximate surface area is 205 Å². The minimum atomic E-state index is -0.246. The molecule has 0 saturated carbocycles. The van der Waals surface area contributed by atoms with Crippen molar-refractivity contribution in [1.82, 2.24) is 14.6 Å². The molecule has 0 amide bonds. The number of carbonyl (C=O) groups excluding carboxylic acids is 1. The van der Waals surface area contributed by atoms with Gasteiger partial charge in [-0.15, -0.1) is 11.0 Å². The number of ether oxygens (including phenoxy) is 2. The third kappa shape index (κ3) is 5.70. The Morgan fingerprint density at radius 1 is 1.06 bits per heavy atom. The Bertz CT molecular complexity index is 1370. The zero-order valence-corrected chi connectivity index (χ0v) is 20.5. The standard InChI is InChI=1S/C29H29N3O3/c1-5-8-24(17-27(33)34-6-2)23-12-14-25(15-13-23)35-19-22-11-16-26-30-29(31-32(26)18-22)28-20(3)9-7-10-21(28)4/h7,9-16,18,24H,6,17,19H2,1-4H3/t24-/m0/s1. The molecule has 4 rings (SSSR count). The number of rotatable bonds is 8. The summed E-state index contributed by atoms with van der Waals surface area (Å²) in [4.78, 5) is 16.6. The van der Waals surface area contributed by atoms with E-state index in [1.165, 1.54) is 0 Å². The summed E-state index contributed by atoms with van der Waals surface area (Å²) < 4.78 is 12.9. The van der Waals surface area contributed by atoms with Crippen molar-refractivity contribution in [2.75, 3.05) is 6.61 Å². The molecule has 0 N–H and O–H groups in total. The highest BCUT2D eigenvalue weighted by molar-refractivity contribution is 5.71. The number of aryl methyl sites for hydroxylation is 2. The second kappa shape index (κ2) is 10.9. The number of pyridine rings is 1. The molecular weight excluding hydrogens is 438 g/mol. The molecule has 0 spiro atoms. The van der Waals surface area contributed by atoms with Crippen molar-refractivity contribution in [3.05, 3.63) is 83.0 Å². The predicted molar refractivity (Wildman–Crippen MR) is 136 cm³/mol. The Kier molecular flexibility index (Phi) is 7.47. The number of aromatic nitrogens is 3. The Morgan fingerprint density at radius 2 is 1.80 bits per heavy atom. The molecule has 4 aromatic rings. The molecule has 0 saturated heterocycles. The topological polar surface area (TPSA) is 65.7 Å². The van der Waals surface area contributed by atoms with Crippen LogP contribution in [0.2, 0.25) is 0 Å². The van der Waals surface area contributed by atoms with E-state index < -0.39 is 0 Å². The monoisotopic (exact) mass is 467 g/mol. The molecule has 0 radical (unpaired) electrons. The number of benzene rings is 2. The summed E-state index contributed by atoms with van der Waals surface area (Å²) in [7, 11) is 0. The van der Waals surface area contributed by atoms with E-state index in [0.29, 0.717) is 13.2 Å². The van der Waals surface area contributed by atoms with Gasteiger partial charge in [0.2, 0.25) is 0 Å². The van der Waals surface area contributed by atoms with Gasteiger partial charge < -0.3 is 9.47 Å². The van der Waals surface area contributed by atoms with Crippen molar-refractivity contribution >= 4 is 11.6 Å². The first-order valence-electron chi connectivity index (χ1n) is 11.7. The molecule has 2 heterocycles.